The van der Waals surface area contributed by atoms with Crippen molar-refractivity contribution >= 4 is 0 Å². The average Bonchev–Trinajstić information content (AvgIpc) is 2.77. The van der Waals surface area contributed by atoms with Gasteiger partial charge in [0, 0.05) is 19.2 Å². The molecule has 0 aromatic heterocycles. The van der Waals surface area contributed by atoms with Gasteiger partial charge in [0.2, 0.25) is 0 Å². The molecule has 3 aliphatic rings. The van der Waals surface area contributed by atoms with E-state index in [1.165, 1.54) is 45.2 Å². The van der Waals surface area contributed by atoms with E-state index in [-0.39, 0.29) is 0 Å². The fourth-order valence-electron chi connectivity index (χ4n) is 2.99. The topological polar surface area (TPSA) is 12.5 Å². The minimum atomic E-state index is 0.569. The Labute approximate surface area is 80.2 Å². The molecule has 0 radical (unpaired) electrons. The normalized spacial score (nSPS) is 44.8. The van der Waals surface area contributed by atoms with Crippen molar-refractivity contribution in [3.05, 3.63) is 0 Å². The molecule has 0 aromatic carbocycles. The molecule has 3 rings (SSSR count). The highest BCUT2D eigenvalue weighted by molar-refractivity contribution is 4.98. The number of ether oxygens (including phenoxy) is 1. The van der Waals surface area contributed by atoms with E-state index in [1.807, 2.05) is 0 Å². The van der Waals surface area contributed by atoms with Gasteiger partial charge in [-0.05, 0) is 44.6 Å². The predicted molar refractivity (Wildman–Crippen MR) is 51.7 cm³/mol. The van der Waals surface area contributed by atoms with Crippen LogP contribution in [0.1, 0.15) is 32.1 Å². The van der Waals surface area contributed by atoms with E-state index in [0.29, 0.717) is 6.10 Å². The smallest absolute Gasteiger partial charge is 0.0702 e. The molecule has 0 amide bonds. The second-order valence-corrected chi connectivity index (χ2v) is 4.84. The summed E-state index contributed by atoms with van der Waals surface area (Å²) in [5.74, 6) is 1.06. The second-order valence-electron chi connectivity index (χ2n) is 4.84. The van der Waals surface area contributed by atoms with Crippen molar-refractivity contribution in [2.45, 2.75) is 44.2 Å². The van der Waals surface area contributed by atoms with Gasteiger partial charge in [-0.25, -0.2) is 0 Å². The van der Waals surface area contributed by atoms with Gasteiger partial charge in [-0.3, -0.25) is 4.90 Å². The van der Waals surface area contributed by atoms with Gasteiger partial charge in [-0.15, -0.1) is 0 Å². The number of hydrogen-bond donors (Lipinski definition) is 0. The Kier molecular flexibility index (Phi) is 2.06. The number of fused-ring (bicyclic) bond motifs is 1. The molecule has 1 aliphatic carbocycles. The van der Waals surface area contributed by atoms with Gasteiger partial charge < -0.3 is 4.74 Å². The molecular weight excluding hydrogens is 162 g/mol. The Bertz CT molecular complexity index is 189. The Morgan fingerprint density at radius 1 is 1.23 bits per heavy atom. The number of rotatable bonds is 2. The monoisotopic (exact) mass is 181 g/mol. The molecule has 3 fully saturated rings. The summed E-state index contributed by atoms with van der Waals surface area (Å²) in [6.07, 6.45) is 7.55. The summed E-state index contributed by atoms with van der Waals surface area (Å²) in [5, 5.41) is 0. The van der Waals surface area contributed by atoms with Crippen LogP contribution in [0.15, 0.2) is 0 Å². The Morgan fingerprint density at radius 3 is 3.08 bits per heavy atom. The third kappa shape index (κ3) is 1.62. The summed E-state index contributed by atoms with van der Waals surface area (Å²) >= 11 is 0. The van der Waals surface area contributed by atoms with Crippen molar-refractivity contribution in [2.24, 2.45) is 5.92 Å². The molecule has 13 heavy (non-hydrogen) atoms. The third-order valence-corrected chi connectivity index (χ3v) is 3.84. The third-order valence-electron chi connectivity index (χ3n) is 3.84. The van der Waals surface area contributed by atoms with E-state index in [4.69, 9.17) is 4.74 Å². The highest BCUT2D eigenvalue weighted by Gasteiger charge is 2.44. The second kappa shape index (κ2) is 3.25. The van der Waals surface area contributed by atoms with Crippen molar-refractivity contribution in [2.75, 3.05) is 19.7 Å². The molecule has 1 saturated carbocycles. The van der Waals surface area contributed by atoms with Gasteiger partial charge in [-0.2, -0.15) is 0 Å². The van der Waals surface area contributed by atoms with Crippen molar-refractivity contribution in [3.8, 4) is 0 Å². The van der Waals surface area contributed by atoms with Crippen molar-refractivity contribution in [1.82, 2.24) is 4.90 Å². The molecule has 2 heteroatoms. The van der Waals surface area contributed by atoms with Gasteiger partial charge in [0.1, 0.15) is 0 Å². The fourth-order valence-corrected chi connectivity index (χ4v) is 2.99. The lowest BCUT2D eigenvalue weighted by Crippen LogP contribution is -2.37. The molecule has 2 saturated heterocycles. The summed E-state index contributed by atoms with van der Waals surface area (Å²) in [7, 11) is 0. The van der Waals surface area contributed by atoms with E-state index < -0.39 is 0 Å². The maximum absolute atomic E-state index is 5.68. The molecule has 0 bridgehead atoms. The fraction of sp³-hybridized carbons (Fsp3) is 1.00. The van der Waals surface area contributed by atoms with Crippen LogP contribution in [0, 0.1) is 5.92 Å². The first-order chi connectivity index (χ1) is 6.43. The zero-order valence-electron chi connectivity index (χ0n) is 8.24. The molecule has 0 spiro atoms. The number of hydrogen-bond acceptors (Lipinski definition) is 2. The Morgan fingerprint density at radius 2 is 2.23 bits per heavy atom. The molecule has 2 nitrogen and oxygen atoms in total. The summed E-state index contributed by atoms with van der Waals surface area (Å²) in [5.41, 5.74) is 0. The van der Waals surface area contributed by atoms with Gasteiger partial charge >= 0.3 is 0 Å². The van der Waals surface area contributed by atoms with Gasteiger partial charge in [0.15, 0.2) is 0 Å². The van der Waals surface area contributed by atoms with E-state index in [2.05, 4.69) is 4.90 Å². The van der Waals surface area contributed by atoms with Crippen molar-refractivity contribution < 1.29 is 4.74 Å². The van der Waals surface area contributed by atoms with Crippen LogP contribution in [0.3, 0.4) is 0 Å². The lowest BCUT2D eigenvalue weighted by Gasteiger charge is -2.28. The van der Waals surface area contributed by atoms with Crippen LogP contribution in [0.4, 0.5) is 0 Å². The quantitative estimate of drug-likeness (QED) is 0.642. The van der Waals surface area contributed by atoms with Crippen molar-refractivity contribution in [1.29, 1.82) is 0 Å². The van der Waals surface area contributed by atoms with Crippen LogP contribution in [0.25, 0.3) is 0 Å². The molecule has 74 valence electrons. The highest BCUT2D eigenvalue weighted by atomic mass is 16.5. The predicted octanol–water partition coefficient (Wildman–Crippen LogP) is 1.65. The first kappa shape index (κ1) is 8.25. The van der Waals surface area contributed by atoms with Crippen LogP contribution in [0.2, 0.25) is 0 Å². The van der Waals surface area contributed by atoms with Crippen LogP contribution in [-0.4, -0.2) is 36.7 Å². The van der Waals surface area contributed by atoms with Gasteiger partial charge in [0.25, 0.3) is 0 Å². The van der Waals surface area contributed by atoms with E-state index in [1.54, 1.807) is 0 Å². The summed E-state index contributed by atoms with van der Waals surface area (Å²) in [6, 6.07) is 0.956. The van der Waals surface area contributed by atoms with E-state index in [9.17, 15) is 0 Å². The Balaban J connectivity index is 1.53. The lowest BCUT2D eigenvalue weighted by molar-refractivity contribution is 0.0628. The number of piperidine rings is 1. The molecule has 3 unspecified atom stereocenters. The highest BCUT2D eigenvalue weighted by Crippen LogP contribution is 2.43. The van der Waals surface area contributed by atoms with E-state index in [0.717, 1.165) is 18.6 Å². The van der Waals surface area contributed by atoms with Crippen molar-refractivity contribution in [3.63, 3.8) is 0 Å². The van der Waals surface area contributed by atoms with Crippen LogP contribution in [0.5, 0.6) is 0 Å². The first-order valence-electron chi connectivity index (χ1n) is 5.79. The molecule has 3 atom stereocenters. The standard InChI is InChI=1S/C11H19NO/c1-3-9-7-11(9)12(5-1)8-10-4-2-6-13-10/h9-11H,1-8H2. The Hall–Kier alpha value is -0.0800. The number of nitrogens with zero attached hydrogens (tertiary/aromatic N) is 1. The molecule has 2 heterocycles. The number of likely N-dealkylation sites (tertiary alicyclic amines) is 1. The molecule has 0 N–H and O–H groups in total. The largest absolute Gasteiger partial charge is 0.377 e. The van der Waals surface area contributed by atoms with Crippen LogP contribution < -0.4 is 0 Å². The zero-order chi connectivity index (χ0) is 8.67. The maximum Gasteiger partial charge on any atom is 0.0702 e. The minimum Gasteiger partial charge on any atom is -0.377 e. The van der Waals surface area contributed by atoms with Crippen LogP contribution >= 0.6 is 0 Å². The maximum atomic E-state index is 5.68. The lowest BCUT2D eigenvalue weighted by atomic mass is 10.1. The first-order valence-corrected chi connectivity index (χ1v) is 5.79. The zero-order valence-corrected chi connectivity index (χ0v) is 8.24. The average molecular weight is 181 g/mol. The van der Waals surface area contributed by atoms with E-state index >= 15 is 0 Å². The SMILES string of the molecule is C1COC(CN2CCCC3CC32)C1. The van der Waals surface area contributed by atoms with Crippen LogP contribution in [-0.2, 0) is 4.74 Å². The molecule has 2 aliphatic heterocycles. The van der Waals surface area contributed by atoms with Gasteiger partial charge in [0.05, 0.1) is 6.10 Å². The minimum absolute atomic E-state index is 0.569. The summed E-state index contributed by atoms with van der Waals surface area (Å²) in [4.78, 5) is 2.68. The summed E-state index contributed by atoms with van der Waals surface area (Å²) < 4.78 is 5.68. The van der Waals surface area contributed by atoms with Gasteiger partial charge in [-0.1, -0.05) is 0 Å². The molecule has 0 aromatic rings. The molecular formula is C11H19NO. The summed E-state index contributed by atoms with van der Waals surface area (Å²) in [6.45, 7) is 3.56.